The first kappa shape index (κ1) is 21.0. The number of thiophene rings is 2. The van der Waals surface area contributed by atoms with E-state index in [2.05, 4.69) is 44.5 Å². The van der Waals surface area contributed by atoms with Gasteiger partial charge in [0.1, 0.15) is 11.8 Å². The minimum Gasteiger partial charge on any atom is -0.467 e. The maximum absolute atomic E-state index is 13.0. The number of amides is 2. The van der Waals surface area contributed by atoms with Crippen molar-refractivity contribution in [3.8, 4) is 0 Å². The van der Waals surface area contributed by atoms with Gasteiger partial charge in [0.2, 0.25) is 0 Å². The number of carbonyl (C=O) groups excluding carboxylic acids is 2. The highest BCUT2D eigenvalue weighted by atomic mass is 32.1. The monoisotopic (exact) mass is 469 g/mol. The van der Waals surface area contributed by atoms with Gasteiger partial charge in [0.25, 0.3) is 0 Å². The number of rotatable bonds is 6. The van der Waals surface area contributed by atoms with Gasteiger partial charge in [0.05, 0.1) is 24.5 Å². The summed E-state index contributed by atoms with van der Waals surface area (Å²) in [4.78, 5) is 30.5. The number of carbonyl (C=O) groups is 2. The number of nitrogens with one attached hydrogen (secondary N) is 2. The summed E-state index contributed by atoms with van der Waals surface area (Å²) in [5.74, 6) is 0.0336. The van der Waals surface area contributed by atoms with E-state index in [1.165, 1.54) is 21.6 Å². The molecule has 9 heteroatoms. The summed E-state index contributed by atoms with van der Waals surface area (Å²) in [7, 11) is 0. The molecule has 2 unspecified atom stereocenters. The predicted octanol–water partition coefficient (Wildman–Crippen LogP) is 4.22. The summed E-state index contributed by atoms with van der Waals surface area (Å²) in [6, 6.07) is 8.88. The Hall–Kier alpha value is -2.88. The Morgan fingerprint density at radius 1 is 1.25 bits per heavy atom. The largest absolute Gasteiger partial charge is 0.467 e. The Labute approximate surface area is 193 Å². The van der Waals surface area contributed by atoms with Gasteiger partial charge in [-0.2, -0.15) is 0 Å². The number of ether oxygens (including phenoxy) is 1. The maximum Gasteiger partial charge on any atom is 0.338 e. The van der Waals surface area contributed by atoms with Crippen LogP contribution in [0.1, 0.15) is 40.1 Å². The summed E-state index contributed by atoms with van der Waals surface area (Å²) in [6.07, 6.45) is 2.46. The van der Waals surface area contributed by atoms with Gasteiger partial charge in [0, 0.05) is 28.5 Å². The minimum atomic E-state index is -0.700. The lowest BCUT2D eigenvalue weighted by Gasteiger charge is -2.37. The lowest BCUT2D eigenvalue weighted by molar-refractivity contribution is -0.139. The molecule has 3 aromatic rings. The van der Waals surface area contributed by atoms with E-state index in [0.29, 0.717) is 23.6 Å². The topological polar surface area (TPSA) is 83.8 Å². The van der Waals surface area contributed by atoms with Gasteiger partial charge >= 0.3 is 12.0 Å². The van der Waals surface area contributed by atoms with E-state index in [4.69, 9.17) is 9.15 Å². The Balaban J connectivity index is 1.55. The lowest BCUT2D eigenvalue weighted by atomic mass is 9.96. The second-order valence-electron chi connectivity index (χ2n) is 7.60. The average Bonchev–Trinajstić information content (AvgIpc) is 3.55. The van der Waals surface area contributed by atoms with E-state index < -0.39 is 12.0 Å². The number of furan rings is 1. The van der Waals surface area contributed by atoms with Crippen molar-refractivity contribution in [1.82, 2.24) is 15.5 Å². The van der Waals surface area contributed by atoms with Crippen molar-refractivity contribution in [1.29, 1.82) is 0 Å². The van der Waals surface area contributed by atoms with Crippen molar-refractivity contribution in [3.05, 3.63) is 79.7 Å². The third-order valence-electron chi connectivity index (χ3n) is 5.72. The van der Waals surface area contributed by atoms with Crippen molar-refractivity contribution < 1.29 is 18.7 Å². The fraction of sp³-hybridized carbons (Fsp3) is 0.304. The van der Waals surface area contributed by atoms with Gasteiger partial charge in [-0.05, 0) is 53.9 Å². The third-order valence-corrected chi connectivity index (χ3v) is 7.64. The third kappa shape index (κ3) is 3.87. The molecule has 3 aromatic heterocycles. The quantitative estimate of drug-likeness (QED) is 0.528. The van der Waals surface area contributed by atoms with E-state index in [1.807, 2.05) is 0 Å². The summed E-state index contributed by atoms with van der Waals surface area (Å²) in [5, 5.41) is 9.90. The van der Waals surface area contributed by atoms with Crippen molar-refractivity contribution in [2.45, 2.75) is 25.4 Å². The van der Waals surface area contributed by atoms with E-state index in [-0.39, 0.29) is 18.7 Å². The fourth-order valence-electron chi connectivity index (χ4n) is 4.38. The van der Waals surface area contributed by atoms with Crippen LogP contribution in [-0.2, 0) is 16.0 Å². The van der Waals surface area contributed by atoms with Gasteiger partial charge in [-0.25, -0.2) is 9.59 Å². The van der Waals surface area contributed by atoms with Crippen LogP contribution in [0.3, 0.4) is 0 Å². The molecule has 0 bridgehead atoms. The second-order valence-corrected chi connectivity index (χ2v) is 9.58. The van der Waals surface area contributed by atoms with Gasteiger partial charge in [0.15, 0.2) is 0 Å². The predicted molar refractivity (Wildman–Crippen MR) is 123 cm³/mol. The second kappa shape index (κ2) is 8.93. The van der Waals surface area contributed by atoms with E-state index in [0.717, 1.165) is 13.0 Å². The highest BCUT2D eigenvalue weighted by Gasteiger charge is 2.38. The van der Waals surface area contributed by atoms with Crippen molar-refractivity contribution in [2.75, 3.05) is 19.7 Å². The van der Waals surface area contributed by atoms with Crippen LogP contribution in [0.5, 0.6) is 0 Å². The summed E-state index contributed by atoms with van der Waals surface area (Å²) < 4.78 is 10.9. The lowest BCUT2D eigenvalue weighted by Crippen LogP contribution is -2.49. The SMILES string of the molecule is CCOC(=O)C1=C(CN2CCc3sccc3C2c2cccs2)NC(=O)NC1c1ccco1. The van der Waals surface area contributed by atoms with Crippen molar-refractivity contribution in [3.63, 3.8) is 0 Å². The normalized spacial score (nSPS) is 21.1. The Kier molecular flexibility index (Phi) is 5.86. The average molecular weight is 470 g/mol. The molecule has 2 N–H and O–H groups in total. The molecule has 0 radical (unpaired) electrons. The zero-order valence-electron chi connectivity index (χ0n) is 17.5. The molecule has 7 nitrogen and oxygen atoms in total. The van der Waals surface area contributed by atoms with Crippen LogP contribution in [0.4, 0.5) is 4.79 Å². The zero-order chi connectivity index (χ0) is 22.1. The molecule has 0 saturated heterocycles. The van der Waals surface area contributed by atoms with Crippen LogP contribution < -0.4 is 10.6 Å². The van der Waals surface area contributed by atoms with Gasteiger partial charge < -0.3 is 19.8 Å². The summed E-state index contributed by atoms with van der Waals surface area (Å²) in [5.41, 5.74) is 2.22. The number of hydrogen-bond donors (Lipinski definition) is 2. The van der Waals surface area contributed by atoms with Gasteiger partial charge in [-0.15, -0.1) is 22.7 Å². The number of hydrogen-bond acceptors (Lipinski definition) is 7. The smallest absolute Gasteiger partial charge is 0.338 e. The molecule has 0 aromatic carbocycles. The van der Waals surface area contributed by atoms with Crippen LogP contribution in [0.2, 0.25) is 0 Å². The Morgan fingerprint density at radius 3 is 2.91 bits per heavy atom. The molecule has 2 aliphatic heterocycles. The number of esters is 1. The molecule has 5 heterocycles. The van der Waals surface area contributed by atoms with E-state index in [9.17, 15) is 9.59 Å². The van der Waals surface area contributed by atoms with E-state index >= 15 is 0 Å². The Morgan fingerprint density at radius 2 is 2.16 bits per heavy atom. The van der Waals surface area contributed by atoms with Gasteiger partial charge in [-0.3, -0.25) is 4.90 Å². The molecule has 166 valence electrons. The highest BCUT2D eigenvalue weighted by Crippen LogP contribution is 2.40. The number of urea groups is 1. The molecule has 0 aliphatic carbocycles. The summed E-state index contributed by atoms with van der Waals surface area (Å²) >= 11 is 3.50. The molecule has 32 heavy (non-hydrogen) atoms. The molecule has 0 saturated carbocycles. The molecule has 0 fully saturated rings. The van der Waals surface area contributed by atoms with Gasteiger partial charge in [-0.1, -0.05) is 6.07 Å². The molecule has 2 aliphatic rings. The Bertz CT molecular complexity index is 1130. The molecular formula is C23H23N3O4S2. The maximum atomic E-state index is 13.0. The summed E-state index contributed by atoms with van der Waals surface area (Å²) in [6.45, 7) is 3.25. The zero-order valence-corrected chi connectivity index (χ0v) is 19.1. The molecule has 5 rings (SSSR count). The minimum absolute atomic E-state index is 0.0785. The molecule has 2 amide bonds. The molecule has 0 spiro atoms. The highest BCUT2D eigenvalue weighted by molar-refractivity contribution is 7.10. The standard InChI is InChI=1S/C23H23N3O4S2/c1-2-29-22(27)19-15(24-23(28)25-20(19)16-5-3-10-30-16)13-26-9-7-17-14(8-12-32-17)21(26)18-6-4-11-31-18/h3-6,8,10-12,20-21H,2,7,9,13H2,1H3,(H2,24,25,28). The van der Waals surface area contributed by atoms with Crippen LogP contribution in [0.25, 0.3) is 0 Å². The van der Waals surface area contributed by atoms with Crippen molar-refractivity contribution in [2.24, 2.45) is 0 Å². The first-order chi connectivity index (χ1) is 15.7. The fourth-order valence-corrected chi connectivity index (χ4v) is 6.16. The first-order valence-electron chi connectivity index (χ1n) is 10.5. The van der Waals surface area contributed by atoms with Crippen molar-refractivity contribution >= 4 is 34.7 Å². The number of nitrogens with zero attached hydrogens (tertiary/aromatic N) is 1. The van der Waals surface area contributed by atoms with E-state index in [1.54, 1.807) is 41.7 Å². The molecular weight excluding hydrogens is 446 g/mol. The van der Waals surface area contributed by atoms with Crippen LogP contribution in [-0.4, -0.2) is 36.6 Å². The van der Waals surface area contributed by atoms with Crippen LogP contribution in [0.15, 0.2) is 63.0 Å². The molecule has 2 atom stereocenters. The number of fused-ring (bicyclic) bond motifs is 1. The van der Waals surface area contributed by atoms with Crippen LogP contribution in [0, 0.1) is 0 Å². The first-order valence-corrected chi connectivity index (χ1v) is 12.3. The van der Waals surface area contributed by atoms with Crippen LogP contribution >= 0.6 is 22.7 Å².